The number of nitrogens with one attached hydrogen (secondary N) is 1. The van der Waals surface area contributed by atoms with Crippen molar-refractivity contribution in [2.75, 3.05) is 5.32 Å². The minimum Gasteiger partial charge on any atom is -0.508 e. The Hall–Kier alpha value is -3.87. The van der Waals surface area contributed by atoms with Crippen LogP contribution in [0.3, 0.4) is 0 Å². The maximum absolute atomic E-state index is 12.2. The van der Waals surface area contributed by atoms with Crippen LogP contribution in [0.15, 0.2) is 67.3 Å². The van der Waals surface area contributed by atoms with Crippen molar-refractivity contribution >= 4 is 22.6 Å². The van der Waals surface area contributed by atoms with Crippen LogP contribution in [-0.4, -0.2) is 30.9 Å². The van der Waals surface area contributed by atoms with Gasteiger partial charge in [-0.3, -0.25) is 14.8 Å². The molecule has 0 aliphatic heterocycles. The average molecular weight is 343 g/mol. The second kappa shape index (κ2) is 6.56. The molecular formula is C19H13N5O2. The van der Waals surface area contributed by atoms with E-state index in [-0.39, 0.29) is 11.7 Å². The van der Waals surface area contributed by atoms with Crippen molar-refractivity contribution in [2.45, 2.75) is 0 Å². The van der Waals surface area contributed by atoms with Gasteiger partial charge in [0.15, 0.2) is 5.82 Å². The normalized spacial score (nSPS) is 10.6. The Bertz CT molecular complexity index is 1080. The summed E-state index contributed by atoms with van der Waals surface area (Å²) in [5.74, 6) is 0.415. The second-order valence-corrected chi connectivity index (χ2v) is 5.56. The SMILES string of the molecule is O=C(Nc1cnc2cnc(-c3ccc(O)cc3)nc2c1)c1cccnc1. The summed E-state index contributed by atoms with van der Waals surface area (Å²) in [7, 11) is 0. The van der Waals surface area contributed by atoms with Crippen LogP contribution in [0.2, 0.25) is 0 Å². The van der Waals surface area contributed by atoms with Crippen LogP contribution in [0.4, 0.5) is 5.69 Å². The third-order valence-electron chi connectivity index (χ3n) is 3.74. The molecule has 7 nitrogen and oxygen atoms in total. The zero-order chi connectivity index (χ0) is 17.9. The molecule has 7 heteroatoms. The second-order valence-electron chi connectivity index (χ2n) is 5.56. The van der Waals surface area contributed by atoms with E-state index >= 15 is 0 Å². The first-order valence-electron chi connectivity index (χ1n) is 7.83. The number of fused-ring (bicyclic) bond motifs is 1. The molecule has 1 amide bonds. The Morgan fingerprint density at radius 1 is 0.962 bits per heavy atom. The number of phenols is 1. The van der Waals surface area contributed by atoms with Gasteiger partial charge in [0.05, 0.1) is 29.2 Å². The van der Waals surface area contributed by atoms with Crippen LogP contribution in [0.5, 0.6) is 5.75 Å². The standard InChI is InChI=1S/C19H13N5O2/c25-15-5-3-12(4-6-15)18-22-11-17-16(24-18)8-14(10-21-17)23-19(26)13-2-1-7-20-9-13/h1-11,25H,(H,23,26). The number of aromatic nitrogens is 4. The molecule has 26 heavy (non-hydrogen) atoms. The summed E-state index contributed by atoms with van der Waals surface area (Å²) in [6, 6.07) is 11.7. The van der Waals surface area contributed by atoms with Gasteiger partial charge in [0.25, 0.3) is 5.91 Å². The highest BCUT2D eigenvalue weighted by atomic mass is 16.3. The highest BCUT2D eigenvalue weighted by Crippen LogP contribution is 2.21. The molecule has 3 aromatic heterocycles. The summed E-state index contributed by atoms with van der Waals surface area (Å²) in [5.41, 5.74) is 2.98. The molecule has 3 heterocycles. The number of benzene rings is 1. The molecule has 0 unspecified atom stereocenters. The molecule has 0 bridgehead atoms. The lowest BCUT2D eigenvalue weighted by Gasteiger charge is -2.06. The van der Waals surface area contributed by atoms with Crippen molar-refractivity contribution < 1.29 is 9.90 Å². The number of nitrogens with zero attached hydrogens (tertiary/aromatic N) is 4. The summed E-state index contributed by atoms with van der Waals surface area (Å²) < 4.78 is 0. The molecule has 0 atom stereocenters. The quantitative estimate of drug-likeness (QED) is 0.593. The van der Waals surface area contributed by atoms with Crippen molar-refractivity contribution in [1.29, 1.82) is 0 Å². The first kappa shape index (κ1) is 15.6. The first-order valence-corrected chi connectivity index (χ1v) is 7.83. The van der Waals surface area contributed by atoms with E-state index in [4.69, 9.17) is 0 Å². The van der Waals surface area contributed by atoms with Crippen molar-refractivity contribution in [3.05, 3.63) is 72.8 Å². The number of carbonyl (C=O) groups excluding carboxylic acids is 1. The Balaban J connectivity index is 1.65. The van der Waals surface area contributed by atoms with Crippen molar-refractivity contribution in [3.8, 4) is 17.1 Å². The molecule has 0 saturated carbocycles. The fourth-order valence-electron chi connectivity index (χ4n) is 2.44. The van der Waals surface area contributed by atoms with Gasteiger partial charge in [-0.2, -0.15) is 0 Å². The van der Waals surface area contributed by atoms with Crippen LogP contribution in [0.1, 0.15) is 10.4 Å². The summed E-state index contributed by atoms with van der Waals surface area (Å²) in [6.45, 7) is 0. The van der Waals surface area contributed by atoms with Crippen LogP contribution >= 0.6 is 0 Å². The molecule has 2 N–H and O–H groups in total. The highest BCUT2D eigenvalue weighted by molar-refractivity contribution is 6.04. The van der Waals surface area contributed by atoms with Gasteiger partial charge in [0.2, 0.25) is 0 Å². The number of aromatic hydroxyl groups is 1. The van der Waals surface area contributed by atoms with Crippen LogP contribution in [0.25, 0.3) is 22.4 Å². The Labute approximate surface area is 148 Å². The van der Waals surface area contributed by atoms with E-state index in [1.807, 2.05) is 0 Å². The van der Waals surface area contributed by atoms with Gasteiger partial charge in [-0.25, -0.2) is 9.97 Å². The lowest BCUT2D eigenvalue weighted by Crippen LogP contribution is -2.12. The summed E-state index contributed by atoms with van der Waals surface area (Å²) >= 11 is 0. The van der Waals surface area contributed by atoms with Gasteiger partial charge in [-0.05, 0) is 42.5 Å². The van der Waals surface area contributed by atoms with E-state index in [1.54, 1.807) is 61.1 Å². The number of anilines is 1. The molecule has 0 fully saturated rings. The molecular weight excluding hydrogens is 330 g/mol. The molecule has 0 saturated heterocycles. The minimum absolute atomic E-state index is 0.177. The fourth-order valence-corrected chi connectivity index (χ4v) is 2.44. The summed E-state index contributed by atoms with van der Waals surface area (Å²) in [4.78, 5) is 29.2. The largest absolute Gasteiger partial charge is 0.508 e. The van der Waals surface area contributed by atoms with Crippen LogP contribution < -0.4 is 5.32 Å². The summed E-state index contributed by atoms with van der Waals surface area (Å²) in [6.07, 6.45) is 6.28. The lowest BCUT2D eigenvalue weighted by molar-refractivity contribution is 0.102. The maximum Gasteiger partial charge on any atom is 0.257 e. The molecule has 126 valence electrons. The maximum atomic E-state index is 12.2. The molecule has 0 aliphatic rings. The number of phenolic OH excluding ortho intramolecular Hbond substituents is 1. The fraction of sp³-hybridized carbons (Fsp3) is 0. The van der Waals surface area contributed by atoms with E-state index in [1.165, 1.54) is 6.20 Å². The molecule has 4 aromatic rings. The van der Waals surface area contributed by atoms with Crippen LogP contribution in [0, 0.1) is 0 Å². The highest BCUT2D eigenvalue weighted by Gasteiger charge is 2.09. The molecule has 1 aromatic carbocycles. The number of rotatable bonds is 3. The number of pyridine rings is 2. The first-order chi connectivity index (χ1) is 12.7. The number of amides is 1. The Morgan fingerprint density at radius 2 is 1.81 bits per heavy atom. The van der Waals surface area contributed by atoms with E-state index < -0.39 is 0 Å². The smallest absolute Gasteiger partial charge is 0.257 e. The van der Waals surface area contributed by atoms with Gasteiger partial charge < -0.3 is 10.4 Å². The lowest BCUT2D eigenvalue weighted by atomic mass is 10.2. The average Bonchev–Trinajstić information content (AvgIpc) is 2.68. The predicted molar refractivity (Wildman–Crippen MR) is 96.6 cm³/mol. The molecule has 4 rings (SSSR count). The topological polar surface area (TPSA) is 101 Å². The van der Waals surface area contributed by atoms with Crippen LogP contribution in [-0.2, 0) is 0 Å². The third kappa shape index (κ3) is 3.18. The van der Waals surface area contributed by atoms with Gasteiger partial charge in [-0.1, -0.05) is 0 Å². The number of hydrogen-bond acceptors (Lipinski definition) is 6. The van der Waals surface area contributed by atoms with Crippen molar-refractivity contribution in [3.63, 3.8) is 0 Å². The van der Waals surface area contributed by atoms with E-state index in [0.717, 1.165) is 5.56 Å². The van der Waals surface area contributed by atoms with Gasteiger partial charge in [0, 0.05) is 18.0 Å². The van der Waals surface area contributed by atoms with Gasteiger partial charge in [0.1, 0.15) is 11.3 Å². The third-order valence-corrected chi connectivity index (χ3v) is 3.74. The van der Waals surface area contributed by atoms with E-state index in [2.05, 4.69) is 25.3 Å². The Kier molecular flexibility index (Phi) is 3.95. The number of carbonyl (C=O) groups is 1. The zero-order valence-corrected chi connectivity index (χ0v) is 13.5. The van der Waals surface area contributed by atoms with Gasteiger partial charge in [-0.15, -0.1) is 0 Å². The zero-order valence-electron chi connectivity index (χ0n) is 13.5. The Morgan fingerprint density at radius 3 is 2.58 bits per heavy atom. The van der Waals surface area contributed by atoms with Crippen molar-refractivity contribution in [2.24, 2.45) is 0 Å². The minimum atomic E-state index is -0.271. The molecule has 0 aliphatic carbocycles. The molecule has 0 radical (unpaired) electrons. The molecule has 0 spiro atoms. The summed E-state index contributed by atoms with van der Waals surface area (Å²) in [5, 5.41) is 12.2. The van der Waals surface area contributed by atoms with Gasteiger partial charge >= 0.3 is 0 Å². The van der Waals surface area contributed by atoms with E-state index in [9.17, 15) is 9.90 Å². The van der Waals surface area contributed by atoms with E-state index in [0.29, 0.717) is 28.1 Å². The predicted octanol–water partition coefficient (Wildman–Crippen LogP) is 3.04. The number of hydrogen-bond donors (Lipinski definition) is 2. The monoisotopic (exact) mass is 343 g/mol. The van der Waals surface area contributed by atoms with Crippen molar-refractivity contribution in [1.82, 2.24) is 19.9 Å².